The number of aromatic nitrogens is 1. The number of hydrogen-bond donors (Lipinski definition) is 1. The normalized spacial score (nSPS) is 13.6. The van der Waals surface area contributed by atoms with Crippen LogP contribution in [0.15, 0.2) is 54.6 Å². The summed E-state index contributed by atoms with van der Waals surface area (Å²) >= 11 is 0. The average molecular weight is 349 g/mol. The number of fused-ring (bicyclic) bond motifs is 1. The molecule has 1 aromatic heterocycles. The second kappa shape index (κ2) is 6.75. The molecule has 1 N–H and O–H groups in total. The van der Waals surface area contributed by atoms with Crippen molar-refractivity contribution < 1.29 is 9.18 Å². The van der Waals surface area contributed by atoms with Gasteiger partial charge < -0.3 is 10.2 Å². The number of hydrogen-bond acceptors (Lipinski definition) is 3. The van der Waals surface area contributed by atoms with Crippen molar-refractivity contribution in [2.75, 3.05) is 11.9 Å². The van der Waals surface area contributed by atoms with E-state index in [-0.39, 0.29) is 11.7 Å². The summed E-state index contributed by atoms with van der Waals surface area (Å²) in [5.41, 5.74) is 2.41. The van der Waals surface area contributed by atoms with Gasteiger partial charge in [-0.05, 0) is 42.7 Å². The van der Waals surface area contributed by atoms with Crippen LogP contribution >= 0.6 is 0 Å². The zero-order valence-electron chi connectivity index (χ0n) is 14.6. The van der Waals surface area contributed by atoms with Gasteiger partial charge in [0.2, 0.25) is 0 Å². The van der Waals surface area contributed by atoms with Gasteiger partial charge in [-0.1, -0.05) is 30.3 Å². The van der Waals surface area contributed by atoms with Gasteiger partial charge in [0.05, 0.1) is 11.1 Å². The first-order chi connectivity index (χ1) is 12.6. The lowest BCUT2D eigenvalue weighted by atomic mass is 10.1. The number of amides is 1. The van der Waals surface area contributed by atoms with Gasteiger partial charge >= 0.3 is 0 Å². The van der Waals surface area contributed by atoms with Crippen molar-refractivity contribution in [2.45, 2.75) is 25.4 Å². The van der Waals surface area contributed by atoms with E-state index >= 15 is 0 Å². The van der Waals surface area contributed by atoms with Crippen LogP contribution < -0.4 is 10.2 Å². The van der Waals surface area contributed by atoms with Gasteiger partial charge in [0.1, 0.15) is 11.6 Å². The second-order valence-corrected chi connectivity index (χ2v) is 6.78. The lowest BCUT2D eigenvalue weighted by molar-refractivity contribution is 0.0952. The van der Waals surface area contributed by atoms with E-state index in [1.165, 1.54) is 12.1 Å². The number of para-hydroxylation sites is 1. The number of nitrogens with zero attached hydrogens (tertiary/aromatic N) is 2. The van der Waals surface area contributed by atoms with Crippen molar-refractivity contribution in [3.8, 4) is 0 Å². The fraction of sp³-hybridized carbons (Fsp3) is 0.238. The maximum atomic E-state index is 13.1. The average Bonchev–Trinajstić information content (AvgIpc) is 3.46. The lowest BCUT2D eigenvalue weighted by Gasteiger charge is -2.20. The Kier molecular flexibility index (Phi) is 4.29. The van der Waals surface area contributed by atoms with Crippen LogP contribution in [-0.4, -0.2) is 24.0 Å². The van der Waals surface area contributed by atoms with Crippen molar-refractivity contribution in [3.63, 3.8) is 0 Å². The number of halogens is 1. The number of carbonyl (C=O) groups is 1. The number of anilines is 1. The minimum absolute atomic E-state index is 0.0532. The number of pyridine rings is 1. The summed E-state index contributed by atoms with van der Waals surface area (Å²) in [4.78, 5) is 19.3. The molecule has 0 bridgehead atoms. The molecule has 4 rings (SSSR count). The van der Waals surface area contributed by atoms with Crippen molar-refractivity contribution >= 4 is 22.6 Å². The van der Waals surface area contributed by atoms with E-state index in [1.54, 1.807) is 12.1 Å². The Morgan fingerprint density at radius 2 is 1.92 bits per heavy atom. The number of nitrogens with one attached hydrogen (secondary N) is 1. The maximum absolute atomic E-state index is 13.1. The van der Waals surface area contributed by atoms with Crippen LogP contribution in [0.25, 0.3) is 10.9 Å². The van der Waals surface area contributed by atoms with Crippen molar-refractivity contribution in [1.82, 2.24) is 10.3 Å². The van der Waals surface area contributed by atoms with E-state index in [9.17, 15) is 9.18 Å². The highest BCUT2D eigenvalue weighted by Gasteiger charge is 2.25. The molecule has 1 saturated carbocycles. The molecule has 1 fully saturated rings. The SMILES string of the molecule is CN(Cc1ccc(F)cc1)c1cc(C(=O)NC2CC2)c2ccccc2n1. The fourth-order valence-corrected chi connectivity index (χ4v) is 2.98. The van der Waals surface area contributed by atoms with Crippen molar-refractivity contribution in [2.24, 2.45) is 0 Å². The maximum Gasteiger partial charge on any atom is 0.252 e. The third-order valence-electron chi connectivity index (χ3n) is 4.58. The van der Waals surface area contributed by atoms with E-state index in [1.807, 2.05) is 42.3 Å². The molecule has 0 radical (unpaired) electrons. The Labute approximate surface area is 151 Å². The summed E-state index contributed by atoms with van der Waals surface area (Å²) in [6.45, 7) is 0.579. The Balaban J connectivity index is 1.67. The lowest BCUT2D eigenvalue weighted by Crippen LogP contribution is -2.26. The summed E-state index contributed by atoms with van der Waals surface area (Å²) in [7, 11) is 1.92. The third-order valence-corrected chi connectivity index (χ3v) is 4.58. The molecule has 3 aromatic rings. The summed E-state index contributed by atoms with van der Waals surface area (Å²) in [5.74, 6) is 0.413. The quantitative estimate of drug-likeness (QED) is 0.760. The van der Waals surface area contributed by atoms with Crippen LogP contribution in [0.2, 0.25) is 0 Å². The first-order valence-electron chi connectivity index (χ1n) is 8.76. The predicted molar refractivity (Wildman–Crippen MR) is 101 cm³/mol. The molecule has 5 heteroatoms. The molecule has 1 amide bonds. The fourth-order valence-electron chi connectivity index (χ4n) is 2.98. The second-order valence-electron chi connectivity index (χ2n) is 6.78. The topological polar surface area (TPSA) is 45.2 Å². The van der Waals surface area contributed by atoms with Gasteiger partial charge in [-0.15, -0.1) is 0 Å². The molecule has 1 aliphatic carbocycles. The first kappa shape index (κ1) is 16.5. The zero-order valence-corrected chi connectivity index (χ0v) is 14.6. The number of benzene rings is 2. The molecule has 0 spiro atoms. The van der Waals surface area contributed by atoms with Crippen LogP contribution in [0.1, 0.15) is 28.8 Å². The molecule has 0 aliphatic heterocycles. The largest absolute Gasteiger partial charge is 0.355 e. The van der Waals surface area contributed by atoms with E-state index in [0.717, 1.165) is 29.3 Å². The molecular formula is C21H20FN3O. The van der Waals surface area contributed by atoms with E-state index in [2.05, 4.69) is 5.32 Å². The van der Waals surface area contributed by atoms with Crippen LogP contribution in [-0.2, 0) is 6.54 Å². The van der Waals surface area contributed by atoms with Crippen LogP contribution in [0.4, 0.5) is 10.2 Å². The number of rotatable bonds is 5. The number of carbonyl (C=O) groups excluding carboxylic acids is 1. The van der Waals surface area contributed by atoms with Crippen LogP contribution in [0.3, 0.4) is 0 Å². The summed E-state index contributed by atoms with van der Waals surface area (Å²) in [6.07, 6.45) is 2.10. The molecular weight excluding hydrogens is 329 g/mol. The molecule has 1 heterocycles. The summed E-state index contributed by atoms with van der Waals surface area (Å²) < 4.78 is 13.1. The molecule has 2 aromatic carbocycles. The molecule has 0 saturated heterocycles. The third kappa shape index (κ3) is 3.52. The highest BCUT2D eigenvalue weighted by molar-refractivity contribution is 6.07. The van der Waals surface area contributed by atoms with Gasteiger partial charge in [-0.25, -0.2) is 9.37 Å². The Hall–Kier alpha value is -2.95. The van der Waals surface area contributed by atoms with Gasteiger partial charge in [-0.3, -0.25) is 4.79 Å². The monoisotopic (exact) mass is 349 g/mol. The van der Waals surface area contributed by atoms with Crippen LogP contribution in [0, 0.1) is 5.82 Å². The van der Waals surface area contributed by atoms with Gasteiger partial charge in [0.15, 0.2) is 0 Å². The highest BCUT2D eigenvalue weighted by Crippen LogP contribution is 2.25. The Morgan fingerprint density at radius 3 is 2.65 bits per heavy atom. The van der Waals surface area contributed by atoms with Gasteiger partial charge in [-0.2, -0.15) is 0 Å². The highest BCUT2D eigenvalue weighted by atomic mass is 19.1. The smallest absolute Gasteiger partial charge is 0.252 e. The van der Waals surface area contributed by atoms with Crippen molar-refractivity contribution in [3.05, 3.63) is 71.5 Å². The standard InChI is InChI=1S/C21H20FN3O/c1-25(13-14-6-8-15(22)9-7-14)20-12-18(21(26)23-16-10-11-16)17-4-2-3-5-19(17)24-20/h2-9,12,16H,10-11,13H2,1H3,(H,23,26). The molecule has 132 valence electrons. The summed E-state index contributed by atoms with van der Waals surface area (Å²) in [5, 5.41) is 3.91. The Morgan fingerprint density at radius 1 is 1.19 bits per heavy atom. The first-order valence-corrected chi connectivity index (χ1v) is 8.76. The molecule has 0 unspecified atom stereocenters. The molecule has 26 heavy (non-hydrogen) atoms. The van der Waals surface area contributed by atoms with E-state index in [4.69, 9.17) is 4.98 Å². The summed E-state index contributed by atoms with van der Waals surface area (Å²) in [6, 6.07) is 16.2. The molecule has 0 atom stereocenters. The van der Waals surface area contributed by atoms with Gasteiger partial charge in [0, 0.05) is 25.0 Å². The molecule has 4 nitrogen and oxygen atoms in total. The minimum Gasteiger partial charge on any atom is -0.355 e. The zero-order chi connectivity index (χ0) is 18.1. The van der Waals surface area contributed by atoms with E-state index in [0.29, 0.717) is 24.0 Å². The van der Waals surface area contributed by atoms with Gasteiger partial charge in [0.25, 0.3) is 5.91 Å². The van der Waals surface area contributed by atoms with E-state index < -0.39 is 0 Å². The predicted octanol–water partition coefficient (Wildman–Crippen LogP) is 3.90. The Bertz CT molecular complexity index is 951. The minimum atomic E-state index is -0.251. The van der Waals surface area contributed by atoms with Crippen LogP contribution in [0.5, 0.6) is 0 Å². The molecule has 1 aliphatic rings. The van der Waals surface area contributed by atoms with Crippen molar-refractivity contribution in [1.29, 1.82) is 0 Å².